The number of aliphatic carboxylic acids is 1. The third-order valence-electron chi connectivity index (χ3n) is 3.45. The van der Waals surface area contributed by atoms with Crippen LogP contribution in [0.15, 0.2) is 4.52 Å². The monoisotopic (exact) mass is 270 g/mol. The van der Waals surface area contributed by atoms with Gasteiger partial charge in [0.2, 0.25) is 5.89 Å². The summed E-state index contributed by atoms with van der Waals surface area (Å²) >= 11 is 1.85. The van der Waals surface area contributed by atoms with Crippen molar-refractivity contribution in [3.05, 3.63) is 11.7 Å². The number of thioether (sulfide) groups is 1. The van der Waals surface area contributed by atoms with Crippen LogP contribution in [-0.4, -0.2) is 27.0 Å². The van der Waals surface area contributed by atoms with E-state index in [1.54, 1.807) is 6.92 Å². The minimum Gasteiger partial charge on any atom is -0.481 e. The summed E-state index contributed by atoms with van der Waals surface area (Å²) in [7, 11) is 0. The van der Waals surface area contributed by atoms with E-state index in [-0.39, 0.29) is 5.92 Å². The predicted molar refractivity (Wildman–Crippen MR) is 68.6 cm³/mol. The van der Waals surface area contributed by atoms with E-state index in [0.717, 1.165) is 18.0 Å². The molecule has 1 aromatic heterocycles. The highest BCUT2D eigenvalue weighted by Crippen LogP contribution is 2.37. The molecule has 1 fully saturated rings. The third-order valence-corrected chi connectivity index (χ3v) is 4.83. The molecule has 2 rings (SSSR count). The van der Waals surface area contributed by atoms with Gasteiger partial charge >= 0.3 is 5.97 Å². The molecular formula is C12H18N2O3S. The lowest BCUT2D eigenvalue weighted by molar-refractivity contribution is -0.141. The number of carboxylic acid groups (broad SMARTS) is 1. The van der Waals surface area contributed by atoms with Gasteiger partial charge in [0.1, 0.15) is 0 Å². The van der Waals surface area contributed by atoms with Crippen molar-refractivity contribution in [1.29, 1.82) is 0 Å². The molecule has 0 bridgehead atoms. The number of hydrogen-bond acceptors (Lipinski definition) is 5. The van der Waals surface area contributed by atoms with E-state index < -0.39 is 11.9 Å². The van der Waals surface area contributed by atoms with E-state index in [4.69, 9.17) is 9.63 Å². The van der Waals surface area contributed by atoms with Crippen molar-refractivity contribution in [1.82, 2.24) is 10.1 Å². The molecule has 0 saturated carbocycles. The van der Waals surface area contributed by atoms with Gasteiger partial charge in [-0.15, -0.1) is 0 Å². The van der Waals surface area contributed by atoms with E-state index >= 15 is 0 Å². The highest BCUT2D eigenvalue weighted by Gasteiger charge is 2.28. The Morgan fingerprint density at radius 3 is 2.89 bits per heavy atom. The van der Waals surface area contributed by atoms with Crippen molar-refractivity contribution in [2.45, 2.75) is 44.3 Å². The van der Waals surface area contributed by atoms with E-state index in [0.29, 0.717) is 11.1 Å². The fraction of sp³-hybridized carbons (Fsp3) is 0.750. The topological polar surface area (TPSA) is 76.2 Å². The van der Waals surface area contributed by atoms with Gasteiger partial charge in [0, 0.05) is 5.92 Å². The van der Waals surface area contributed by atoms with E-state index in [2.05, 4.69) is 10.1 Å². The molecule has 1 aliphatic heterocycles. The first-order valence-electron chi connectivity index (χ1n) is 6.27. The molecule has 3 atom stereocenters. The van der Waals surface area contributed by atoms with Gasteiger partial charge < -0.3 is 9.63 Å². The summed E-state index contributed by atoms with van der Waals surface area (Å²) in [6.45, 7) is 3.47. The second-order valence-corrected chi connectivity index (χ2v) is 6.07. The first-order valence-corrected chi connectivity index (χ1v) is 7.32. The maximum Gasteiger partial charge on any atom is 0.307 e. The van der Waals surface area contributed by atoms with Gasteiger partial charge in [-0.25, -0.2) is 0 Å². The quantitative estimate of drug-likeness (QED) is 0.906. The highest BCUT2D eigenvalue weighted by atomic mass is 32.2. The van der Waals surface area contributed by atoms with Crippen LogP contribution in [0.4, 0.5) is 0 Å². The highest BCUT2D eigenvalue weighted by molar-refractivity contribution is 7.99. The number of carboxylic acids is 1. The Morgan fingerprint density at radius 1 is 1.50 bits per heavy atom. The average molecular weight is 270 g/mol. The van der Waals surface area contributed by atoms with Gasteiger partial charge in [0.15, 0.2) is 5.82 Å². The van der Waals surface area contributed by atoms with E-state index in [1.807, 2.05) is 18.7 Å². The number of hydrogen-bond donors (Lipinski definition) is 1. The van der Waals surface area contributed by atoms with Gasteiger partial charge in [-0.1, -0.05) is 25.4 Å². The average Bonchev–Trinajstić information content (AvgIpc) is 2.87. The van der Waals surface area contributed by atoms with E-state index in [1.165, 1.54) is 12.8 Å². The minimum absolute atomic E-state index is 0.252. The molecule has 100 valence electrons. The summed E-state index contributed by atoms with van der Waals surface area (Å²) in [6, 6.07) is 0. The molecule has 0 spiro atoms. The minimum atomic E-state index is -0.839. The fourth-order valence-electron chi connectivity index (χ4n) is 1.94. The number of rotatable bonds is 4. The maximum atomic E-state index is 10.9. The molecule has 1 N–H and O–H groups in total. The third kappa shape index (κ3) is 2.85. The molecule has 0 amide bonds. The number of aromatic nitrogens is 2. The van der Waals surface area contributed by atoms with Gasteiger partial charge in [-0.2, -0.15) is 16.7 Å². The molecular weight excluding hydrogens is 252 g/mol. The standard InChI is InChI=1S/C12H18N2O3S/c1-7(8(2)12(15)16)11-13-10(14-17-11)9-5-3-4-6-18-9/h7-9H,3-6H2,1-2H3,(H,15,16). The van der Waals surface area contributed by atoms with Crippen LogP contribution >= 0.6 is 11.8 Å². The van der Waals surface area contributed by atoms with Crippen molar-refractivity contribution in [3.63, 3.8) is 0 Å². The molecule has 3 unspecified atom stereocenters. The zero-order chi connectivity index (χ0) is 13.1. The Balaban J connectivity index is 2.07. The van der Waals surface area contributed by atoms with E-state index in [9.17, 15) is 4.79 Å². The Labute approximate surface area is 110 Å². The van der Waals surface area contributed by atoms with Crippen LogP contribution in [0, 0.1) is 5.92 Å². The molecule has 0 aromatic carbocycles. The fourth-order valence-corrected chi connectivity index (χ4v) is 3.17. The van der Waals surface area contributed by atoms with Crippen LogP contribution in [-0.2, 0) is 4.79 Å². The smallest absolute Gasteiger partial charge is 0.307 e. The van der Waals surface area contributed by atoms with Gasteiger partial charge in [-0.05, 0) is 18.6 Å². The zero-order valence-electron chi connectivity index (χ0n) is 10.6. The summed E-state index contributed by atoms with van der Waals surface area (Å²) in [5.74, 6) is 0.685. The Kier molecular flexibility index (Phi) is 4.27. The van der Waals surface area contributed by atoms with Crippen molar-refractivity contribution >= 4 is 17.7 Å². The summed E-state index contributed by atoms with van der Waals surface area (Å²) in [6.07, 6.45) is 3.52. The molecule has 5 nitrogen and oxygen atoms in total. The molecule has 1 aromatic rings. The van der Waals surface area contributed by atoms with Crippen LogP contribution in [0.3, 0.4) is 0 Å². The lowest BCUT2D eigenvalue weighted by Gasteiger charge is -2.17. The summed E-state index contributed by atoms with van der Waals surface area (Å²) < 4.78 is 5.21. The first-order chi connectivity index (χ1) is 8.59. The summed E-state index contributed by atoms with van der Waals surface area (Å²) in [5.41, 5.74) is 0. The van der Waals surface area contributed by atoms with Crippen LogP contribution < -0.4 is 0 Å². The lowest BCUT2D eigenvalue weighted by atomic mass is 9.96. The largest absolute Gasteiger partial charge is 0.481 e. The Bertz CT molecular complexity index is 415. The zero-order valence-corrected chi connectivity index (χ0v) is 11.4. The van der Waals surface area contributed by atoms with Crippen molar-refractivity contribution in [3.8, 4) is 0 Å². The van der Waals surface area contributed by atoms with Crippen molar-refractivity contribution in [2.75, 3.05) is 5.75 Å². The molecule has 2 heterocycles. The lowest BCUT2D eigenvalue weighted by Crippen LogP contribution is -2.17. The normalized spacial score (nSPS) is 23.6. The van der Waals surface area contributed by atoms with Gasteiger partial charge in [0.05, 0.1) is 11.2 Å². The van der Waals surface area contributed by atoms with Crippen molar-refractivity contribution < 1.29 is 14.4 Å². The first kappa shape index (κ1) is 13.4. The summed E-state index contributed by atoms with van der Waals surface area (Å²) in [5, 5.41) is 13.3. The Morgan fingerprint density at radius 2 is 2.28 bits per heavy atom. The van der Waals surface area contributed by atoms with Gasteiger partial charge in [-0.3, -0.25) is 4.79 Å². The predicted octanol–water partition coefficient (Wildman–Crippen LogP) is 2.85. The molecule has 1 saturated heterocycles. The SMILES string of the molecule is CC(C(=O)O)C(C)c1nc(C2CCCCS2)no1. The van der Waals surface area contributed by atoms with Crippen LogP contribution in [0.25, 0.3) is 0 Å². The maximum absolute atomic E-state index is 10.9. The molecule has 6 heteroatoms. The Hall–Kier alpha value is -1.04. The van der Waals surface area contributed by atoms with Crippen LogP contribution in [0.1, 0.15) is 56.0 Å². The number of carbonyl (C=O) groups is 1. The van der Waals surface area contributed by atoms with Crippen LogP contribution in [0.2, 0.25) is 0 Å². The second kappa shape index (κ2) is 5.73. The molecule has 18 heavy (non-hydrogen) atoms. The number of nitrogens with zero attached hydrogens (tertiary/aromatic N) is 2. The van der Waals surface area contributed by atoms with Crippen molar-refractivity contribution in [2.24, 2.45) is 5.92 Å². The molecule has 0 radical (unpaired) electrons. The van der Waals surface area contributed by atoms with Crippen LogP contribution in [0.5, 0.6) is 0 Å². The summed E-state index contributed by atoms with van der Waals surface area (Å²) in [4.78, 5) is 15.3. The molecule has 0 aliphatic carbocycles. The molecule has 1 aliphatic rings. The van der Waals surface area contributed by atoms with Gasteiger partial charge in [0.25, 0.3) is 0 Å². The second-order valence-electron chi connectivity index (χ2n) is 4.76.